The van der Waals surface area contributed by atoms with Gasteiger partial charge in [-0.05, 0) is 37.0 Å². The van der Waals surface area contributed by atoms with Crippen molar-refractivity contribution in [2.75, 3.05) is 0 Å². The van der Waals surface area contributed by atoms with E-state index in [1.165, 1.54) is 17.4 Å². The summed E-state index contributed by atoms with van der Waals surface area (Å²) in [7, 11) is 0. The maximum atomic E-state index is 6.34. The first-order chi connectivity index (χ1) is 7.19. The molecule has 1 fully saturated rings. The highest BCUT2D eigenvalue weighted by Gasteiger charge is 2.36. The molecule has 1 aliphatic carbocycles. The summed E-state index contributed by atoms with van der Waals surface area (Å²) < 4.78 is 1.10. The monoisotopic (exact) mass is 264 g/mol. The van der Waals surface area contributed by atoms with Crippen molar-refractivity contribution in [3.63, 3.8) is 0 Å². The summed E-state index contributed by atoms with van der Waals surface area (Å²) in [6.45, 7) is 0. The number of rotatable bonds is 1. The second kappa shape index (κ2) is 3.09. The van der Waals surface area contributed by atoms with Crippen molar-refractivity contribution in [2.24, 2.45) is 5.73 Å². The first kappa shape index (κ1) is 9.43. The molecule has 0 unspecified atom stereocenters. The number of fused-ring (bicyclic) bond motifs is 1. The van der Waals surface area contributed by atoms with Gasteiger partial charge in [0.1, 0.15) is 0 Å². The van der Waals surface area contributed by atoms with Gasteiger partial charge in [0, 0.05) is 27.1 Å². The van der Waals surface area contributed by atoms with Crippen LogP contribution in [0.15, 0.2) is 28.9 Å². The Morgan fingerprint density at radius 3 is 2.80 bits per heavy atom. The SMILES string of the molecule is NC1(c2c[nH]c3cc(Br)ccc23)CCC1. The Kier molecular flexibility index (Phi) is 1.94. The number of aromatic amines is 1. The minimum Gasteiger partial charge on any atom is -0.361 e. The Morgan fingerprint density at radius 1 is 1.33 bits per heavy atom. The lowest BCUT2D eigenvalue weighted by molar-refractivity contribution is 0.256. The van der Waals surface area contributed by atoms with Crippen molar-refractivity contribution in [1.82, 2.24) is 4.98 Å². The van der Waals surface area contributed by atoms with Gasteiger partial charge >= 0.3 is 0 Å². The Labute approximate surface area is 97.0 Å². The standard InChI is InChI=1S/C12H13BrN2/c13-8-2-3-9-10(7-15-11(9)6-8)12(14)4-1-5-12/h2-3,6-7,15H,1,4-5,14H2. The van der Waals surface area contributed by atoms with Crippen molar-refractivity contribution in [3.8, 4) is 0 Å². The van der Waals surface area contributed by atoms with Crippen LogP contribution in [0.25, 0.3) is 10.9 Å². The molecule has 3 heteroatoms. The molecule has 0 spiro atoms. The zero-order valence-electron chi connectivity index (χ0n) is 8.39. The lowest BCUT2D eigenvalue weighted by atomic mass is 9.73. The summed E-state index contributed by atoms with van der Waals surface area (Å²) >= 11 is 3.47. The van der Waals surface area contributed by atoms with Crippen LogP contribution in [0.3, 0.4) is 0 Å². The van der Waals surface area contributed by atoms with E-state index in [0.717, 1.165) is 22.8 Å². The largest absolute Gasteiger partial charge is 0.361 e. The molecule has 2 aromatic rings. The summed E-state index contributed by atoms with van der Waals surface area (Å²) in [6, 6.07) is 6.31. The highest BCUT2D eigenvalue weighted by molar-refractivity contribution is 9.10. The van der Waals surface area contributed by atoms with Gasteiger partial charge in [0.25, 0.3) is 0 Å². The molecule has 1 aromatic heterocycles. The van der Waals surface area contributed by atoms with Gasteiger partial charge in [-0.3, -0.25) is 0 Å². The molecule has 1 heterocycles. The van der Waals surface area contributed by atoms with E-state index in [4.69, 9.17) is 5.73 Å². The quantitative estimate of drug-likeness (QED) is 0.816. The van der Waals surface area contributed by atoms with E-state index in [1.54, 1.807) is 0 Å². The molecule has 1 aromatic carbocycles. The Balaban J connectivity index is 2.20. The van der Waals surface area contributed by atoms with E-state index in [9.17, 15) is 0 Å². The number of H-pyrrole nitrogens is 1. The minimum atomic E-state index is -0.0773. The van der Waals surface area contributed by atoms with E-state index >= 15 is 0 Å². The highest BCUT2D eigenvalue weighted by Crippen LogP contribution is 2.41. The van der Waals surface area contributed by atoms with Crippen molar-refractivity contribution >= 4 is 26.8 Å². The van der Waals surface area contributed by atoms with E-state index in [-0.39, 0.29) is 5.54 Å². The molecule has 3 N–H and O–H groups in total. The number of halogens is 1. The normalized spacial score (nSPS) is 19.1. The third-order valence-corrected chi connectivity index (χ3v) is 3.92. The molecule has 3 rings (SSSR count). The molecule has 0 atom stereocenters. The topological polar surface area (TPSA) is 41.8 Å². The van der Waals surface area contributed by atoms with Crippen molar-refractivity contribution < 1.29 is 0 Å². The zero-order chi connectivity index (χ0) is 10.5. The fraction of sp³-hybridized carbons (Fsp3) is 0.333. The Hall–Kier alpha value is -0.800. The summed E-state index contributed by atoms with van der Waals surface area (Å²) in [4.78, 5) is 3.29. The van der Waals surface area contributed by atoms with Crippen LogP contribution in [0.1, 0.15) is 24.8 Å². The van der Waals surface area contributed by atoms with Crippen LogP contribution in [0.4, 0.5) is 0 Å². The molecule has 15 heavy (non-hydrogen) atoms. The van der Waals surface area contributed by atoms with Gasteiger partial charge in [-0.25, -0.2) is 0 Å². The number of hydrogen-bond donors (Lipinski definition) is 2. The molecular formula is C12H13BrN2. The van der Waals surface area contributed by atoms with Crippen molar-refractivity contribution in [3.05, 3.63) is 34.4 Å². The van der Waals surface area contributed by atoms with Gasteiger partial charge in [-0.15, -0.1) is 0 Å². The summed E-state index contributed by atoms with van der Waals surface area (Å²) in [5.74, 6) is 0. The Morgan fingerprint density at radius 2 is 2.13 bits per heavy atom. The fourth-order valence-corrected chi connectivity index (χ4v) is 2.70. The molecule has 78 valence electrons. The fourth-order valence-electron chi connectivity index (χ4n) is 2.34. The van der Waals surface area contributed by atoms with Gasteiger partial charge in [0.2, 0.25) is 0 Å². The second-order valence-electron chi connectivity index (χ2n) is 4.40. The predicted octanol–water partition coefficient (Wildman–Crippen LogP) is 3.27. The van der Waals surface area contributed by atoms with E-state index < -0.39 is 0 Å². The second-order valence-corrected chi connectivity index (χ2v) is 5.32. The van der Waals surface area contributed by atoms with Crippen LogP contribution in [0, 0.1) is 0 Å². The van der Waals surface area contributed by atoms with Gasteiger partial charge in [0.15, 0.2) is 0 Å². The maximum absolute atomic E-state index is 6.34. The van der Waals surface area contributed by atoms with Gasteiger partial charge in [-0.2, -0.15) is 0 Å². The predicted molar refractivity (Wildman–Crippen MR) is 65.7 cm³/mol. The van der Waals surface area contributed by atoms with E-state index in [1.807, 2.05) is 0 Å². The average molecular weight is 265 g/mol. The van der Waals surface area contributed by atoms with Crippen LogP contribution in [0.2, 0.25) is 0 Å². The van der Waals surface area contributed by atoms with E-state index in [0.29, 0.717) is 0 Å². The lowest BCUT2D eigenvalue weighted by Crippen LogP contribution is -2.43. The molecular weight excluding hydrogens is 252 g/mol. The molecule has 0 saturated heterocycles. The highest BCUT2D eigenvalue weighted by atomic mass is 79.9. The van der Waals surface area contributed by atoms with Crippen LogP contribution in [-0.2, 0) is 5.54 Å². The molecule has 2 nitrogen and oxygen atoms in total. The number of hydrogen-bond acceptors (Lipinski definition) is 1. The summed E-state index contributed by atoms with van der Waals surface area (Å²) in [6.07, 6.45) is 5.53. The van der Waals surface area contributed by atoms with Crippen LogP contribution >= 0.6 is 15.9 Å². The lowest BCUT2D eigenvalue weighted by Gasteiger charge is -2.38. The molecule has 0 amide bonds. The zero-order valence-corrected chi connectivity index (χ0v) is 9.97. The number of nitrogens with two attached hydrogens (primary N) is 1. The molecule has 0 radical (unpaired) electrons. The first-order valence-electron chi connectivity index (χ1n) is 5.25. The number of nitrogens with one attached hydrogen (secondary N) is 1. The van der Waals surface area contributed by atoms with Crippen LogP contribution in [-0.4, -0.2) is 4.98 Å². The van der Waals surface area contributed by atoms with Crippen molar-refractivity contribution in [1.29, 1.82) is 0 Å². The van der Waals surface area contributed by atoms with Gasteiger partial charge in [0.05, 0.1) is 0 Å². The first-order valence-corrected chi connectivity index (χ1v) is 6.04. The molecule has 1 aliphatic rings. The third kappa shape index (κ3) is 1.34. The molecule has 0 aliphatic heterocycles. The third-order valence-electron chi connectivity index (χ3n) is 3.43. The average Bonchev–Trinajstić information content (AvgIpc) is 2.57. The summed E-state index contributed by atoms with van der Waals surface area (Å²) in [5.41, 5.74) is 8.70. The smallest absolute Gasteiger partial charge is 0.0468 e. The van der Waals surface area contributed by atoms with Crippen LogP contribution < -0.4 is 5.73 Å². The van der Waals surface area contributed by atoms with Gasteiger partial charge in [-0.1, -0.05) is 22.0 Å². The molecule has 0 bridgehead atoms. The minimum absolute atomic E-state index is 0.0773. The summed E-state index contributed by atoms with van der Waals surface area (Å²) in [5, 5.41) is 1.26. The Bertz CT molecular complexity index is 511. The van der Waals surface area contributed by atoms with Crippen LogP contribution in [0.5, 0.6) is 0 Å². The maximum Gasteiger partial charge on any atom is 0.0468 e. The van der Waals surface area contributed by atoms with Gasteiger partial charge < -0.3 is 10.7 Å². The number of aromatic nitrogens is 1. The number of benzene rings is 1. The molecule has 1 saturated carbocycles. The van der Waals surface area contributed by atoms with Crippen molar-refractivity contribution in [2.45, 2.75) is 24.8 Å². The van der Waals surface area contributed by atoms with E-state index in [2.05, 4.69) is 45.3 Å².